The van der Waals surface area contributed by atoms with E-state index in [1.165, 1.54) is 31.8 Å². The first kappa shape index (κ1) is 36.6. The first-order chi connectivity index (χ1) is 22.7. The fourth-order valence-electron chi connectivity index (χ4n) is 5.94. The molecule has 0 saturated heterocycles. The number of carbonyl (C=O) groups excluding carboxylic acids is 1. The molecule has 0 saturated carbocycles. The molecule has 6 rings (SSSR count). The number of benzene rings is 6. The third-order valence-corrected chi connectivity index (χ3v) is 16.8. The van der Waals surface area contributed by atoms with Gasteiger partial charge in [0, 0.05) is 16.5 Å². The fourth-order valence-corrected chi connectivity index (χ4v) is 14.6. The average molecular weight is 711 g/mol. The molecule has 0 atom stereocenters. The normalized spacial score (nSPS) is 11.1. The van der Waals surface area contributed by atoms with E-state index in [2.05, 4.69) is 196 Å². The SMILES string of the molecule is CC(CP(c1ccccc1)c1ccccc1)(CP(c1ccccc1)c1ccccc1)CP(c1ccccc1)c1ccccc1.[C]=O.[Ni]. The molecule has 238 valence electrons. The van der Waals surface area contributed by atoms with Gasteiger partial charge >= 0.3 is 0 Å². The van der Waals surface area contributed by atoms with Crippen LogP contribution in [-0.2, 0) is 21.3 Å². The zero-order valence-electron chi connectivity index (χ0n) is 26.5. The van der Waals surface area contributed by atoms with E-state index in [1.807, 2.05) is 0 Å². The van der Waals surface area contributed by atoms with Crippen molar-refractivity contribution in [2.24, 2.45) is 5.41 Å². The van der Waals surface area contributed by atoms with Gasteiger partial charge in [0.15, 0.2) is 0 Å². The van der Waals surface area contributed by atoms with Crippen molar-refractivity contribution in [2.45, 2.75) is 6.92 Å². The molecule has 0 aliphatic heterocycles. The summed E-state index contributed by atoms with van der Waals surface area (Å²) in [6.07, 6.45) is 3.44. The topological polar surface area (TPSA) is 17.1 Å². The maximum absolute atomic E-state index is 7.50. The van der Waals surface area contributed by atoms with Gasteiger partial charge in [-0.1, -0.05) is 189 Å². The van der Waals surface area contributed by atoms with Crippen LogP contribution in [0.2, 0.25) is 0 Å². The van der Waals surface area contributed by atoms with E-state index >= 15 is 0 Å². The molecule has 0 N–H and O–H groups in total. The van der Waals surface area contributed by atoms with Crippen LogP contribution in [0.15, 0.2) is 182 Å². The van der Waals surface area contributed by atoms with E-state index in [0.717, 1.165) is 18.5 Å². The van der Waals surface area contributed by atoms with Crippen LogP contribution in [-0.4, -0.2) is 25.3 Å². The van der Waals surface area contributed by atoms with Crippen molar-refractivity contribution in [3.63, 3.8) is 0 Å². The third-order valence-electron chi connectivity index (χ3n) is 8.03. The largest absolute Gasteiger partial charge is 0.281 e. The monoisotopic (exact) mass is 710 g/mol. The predicted octanol–water partition coefficient (Wildman–Crippen LogP) is 7.99. The Morgan fingerprint density at radius 3 is 0.660 bits per heavy atom. The van der Waals surface area contributed by atoms with Gasteiger partial charge in [-0.25, -0.2) is 0 Å². The molecular weight excluding hydrogens is 672 g/mol. The Labute approximate surface area is 295 Å². The number of hydrogen-bond acceptors (Lipinski definition) is 1. The first-order valence-corrected chi connectivity index (χ1v) is 20.1. The Balaban J connectivity index is 0.00000164. The zero-order valence-corrected chi connectivity index (χ0v) is 30.2. The molecule has 47 heavy (non-hydrogen) atoms. The van der Waals surface area contributed by atoms with Gasteiger partial charge in [0.05, 0.1) is 0 Å². The van der Waals surface area contributed by atoms with Crippen LogP contribution in [0.4, 0.5) is 0 Å². The standard InChI is InChI=1S/C41H39P3.CO.Ni/c1-41(32-42(35-20-8-2-9-21-35)36-22-10-3-11-23-36,33-43(37-24-12-4-13-25-37)38-26-14-5-15-27-38)34-44(39-28-16-6-17-29-39)40-30-18-7-19-31-40;1-2;/h2-31H,32-34H2,1H3;;. The molecule has 0 spiro atoms. The summed E-state index contributed by atoms with van der Waals surface area (Å²) in [6.45, 7) is 7.11. The van der Waals surface area contributed by atoms with E-state index in [0.29, 0.717) is 0 Å². The van der Waals surface area contributed by atoms with Crippen LogP contribution in [0, 0.1) is 5.41 Å². The van der Waals surface area contributed by atoms with Gasteiger partial charge in [-0.3, -0.25) is 4.79 Å². The maximum Gasteiger partial charge on any atom is 0.281 e. The van der Waals surface area contributed by atoms with Crippen molar-refractivity contribution in [2.75, 3.05) is 18.5 Å². The second-order valence-electron chi connectivity index (χ2n) is 11.6. The van der Waals surface area contributed by atoms with Gasteiger partial charge in [-0.2, -0.15) is 0 Å². The average Bonchev–Trinajstić information content (AvgIpc) is 3.15. The Morgan fingerprint density at radius 1 is 0.362 bits per heavy atom. The summed E-state index contributed by atoms with van der Waals surface area (Å²) in [5.74, 6) is 0. The summed E-state index contributed by atoms with van der Waals surface area (Å²) in [5, 5.41) is 8.79. The fraction of sp³-hybridized carbons (Fsp3) is 0.119. The van der Waals surface area contributed by atoms with Crippen molar-refractivity contribution in [3.05, 3.63) is 182 Å². The van der Waals surface area contributed by atoms with Crippen molar-refractivity contribution in [1.82, 2.24) is 0 Å². The van der Waals surface area contributed by atoms with E-state index < -0.39 is 23.8 Å². The van der Waals surface area contributed by atoms with Gasteiger partial charge in [0.25, 0.3) is 6.79 Å². The minimum atomic E-state index is -0.555. The smallest absolute Gasteiger partial charge is 0.281 e. The summed E-state index contributed by atoms with van der Waals surface area (Å²) >= 11 is 0. The van der Waals surface area contributed by atoms with Crippen molar-refractivity contribution in [3.8, 4) is 0 Å². The molecule has 5 heteroatoms. The Morgan fingerprint density at radius 2 is 0.511 bits per heavy atom. The molecule has 6 aromatic rings. The molecule has 6 aromatic carbocycles. The minimum absolute atomic E-state index is 0. The van der Waals surface area contributed by atoms with Crippen LogP contribution in [0.3, 0.4) is 0 Å². The maximum atomic E-state index is 7.50. The summed E-state index contributed by atoms with van der Waals surface area (Å²) in [7, 11) is -1.66. The van der Waals surface area contributed by atoms with Crippen LogP contribution < -0.4 is 31.8 Å². The van der Waals surface area contributed by atoms with Crippen LogP contribution in [0.25, 0.3) is 0 Å². The zero-order chi connectivity index (χ0) is 32.0. The molecule has 0 bridgehead atoms. The number of hydrogen-bond donors (Lipinski definition) is 0. The van der Waals surface area contributed by atoms with Crippen molar-refractivity contribution in [1.29, 1.82) is 0 Å². The van der Waals surface area contributed by atoms with Crippen LogP contribution in [0.5, 0.6) is 0 Å². The quantitative estimate of drug-likeness (QED) is 0.0930. The van der Waals surface area contributed by atoms with E-state index in [-0.39, 0.29) is 21.9 Å². The molecule has 2 radical (unpaired) electrons. The molecule has 0 aliphatic rings. The summed E-state index contributed by atoms with van der Waals surface area (Å²) in [5.41, 5.74) is 0.0756. The van der Waals surface area contributed by atoms with Crippen molar-refractivity contribution < 1.29 is 21.3 Å². The van der Waals surface area contributed by atoms with E-state index in [4.69, 9.17) is 4.79 Å². The predicted molar refractivity (Wildman–Crippen MR) is 206 cm³/mol. The van der Waals surface area contributed by atoms with E-state index in [9.17, 15) is 0 Å². The van der Waals surface area contributed by atoms with Gasteiger partial charge in [-0.05, 0) is 79.5 Å². The number of rotatable bonds is 12. The molecule has 0 heterocycles. The first-order valence-electron chi connectivity index (χ1n) is 15.5. The molecule has 0 aliphatic carbocycles. The summed E-state index contributed by atoms with van der Waals surface area (Å²) in [4.78, 5) is 7.50. The molecule has 0 amide bonds. The molecule has 0 aromatic heterocycles. The van der Waals surface area contributed by atoms with Gasteiger partial charge in [0.1, 0.15) is 0 Å². The molecule has 0 unspecified atom stereocenters. The Hall–Kier alpha value is -3.23. The van der Waals surface area contributed by atoms with Crippen LogP contribution in [0.1, 0.15) is 6.92 Å². The molecular formula is C42H39NiOP3. The third kappa shape index (κ3) is 10.1. The Bertz CT molecular complexity index is 1380. The van der Waals surface area contributed by atoms with Gasteiger partial charge < -0.3 is 0 Å². The summed E-state index contributed by atoms with van der Waals surface area (Å²) in [6, 6.07) is 67.7. The minimum Gasteiger partial charge on any atom is -0.281 e. The second-order valence-corrected chi connectivity index (χ2v) is 18.2. The molecule has 1 nitrogen and oxygen atoms in total. The van der Waals surface area contributed by atoms with Gasteiger partial charge in [0.2, 0.25) is 0 Å². The second kappa shape index (κ2) is 18.9. The summed E-state index contributed by atoms with van der Waals surface area (Å²) < 4.78 is 0. The Kier molecular flexibility index (Phi) is 14.8. The van der Waals surface area contributed by atoms with E-state index in [1.54, 1.807) is 0 Å². The van der Waals surface area contributed by atoms with Crippen molar-refractivity contribution >= 4 is 62.4 Å². The molecule has 0 fully saturated rings. The van der Waals surface area contributed by atoms with Gasteiger partial charge in [-0.15, -0.1) is 0 Å². The van der Waals surface area contributed by atoms with Crippen LogP contribution >= 0.6 is 23.8 Å².